The summed E-state index contributed by atoms with van der Waals surface area (Å²) in [5.41, 5.74) is 2.24. The standard InChI is InChI=1S/C22H22FNO4/c1-26-20-7-2-15(3-8-20)12-24(19-5-6-19)21(25)9-4-16-10-18(23)11-17-13-27-14-28-22(16)17/h2-4,7-11,19H,5-6,12-14H2,1H3/b9-4+. The predicted octanol–water partition coefficient (Wildman–Crippen LogP) is 3.91. The highest BCUT2D eigenvalue weighted by atomic mass is 19.1. The maximum atomic E-state index is 13.9. The topological polar surface area (TPSA) is 48.0 Å². The molecule has 5 nitrogen and oxygen atoms in total. The number of ether oxygens (including phenoxy) is 3. The van der Waals surface area contributed by atoms with Crippen LogP contribution in [-0.2, 0) is 22.7 Å². The molecule has 0 unspecified atom stereocenters. The SMILES string of the molecule is COc1ccc(CN(C(=O)/C=C/c2cc(F)cc3c2OCOC3)C2CC2)cc1. The van der Waals surface area contributed by atoms with E-state index in [1.807, 2.05) is 29.2 Å². The predicted molar refractivity (Wildman–Crippen MR) is 102 cm³/mol. The lowest BCUT2D eigenvalue weighted by molar-refractivity contribution is -0.127. The Balaban J connectivity index is 1.51. The summed E-state index contributed by atoms with van der Waals surface area (Å²) >= 11 is 0. The van der Waals surface area contributed by atoms with Gasteiger partial charge in [0.05, 0.1) is 13.7 Å². The molecule has 0 N–H and O–H groups in total. The molecule has 2 aliphatic rings. The molecule has 0 spiro atoms. The molecule has 1 aliphatic heterocycles. The van der Waals surface area contributed by atoms with Crippen LogP contribution in [0.1, 0.15) is 29.5 Å². The fraction of sp³-hybridized carbons (Fsp3) is 0.318. The van der Waals surface area contributed by atoms with Gasteiger partial charge >= 0.3 is 0 Å². The molecule has 6 heteroatoms. The first-order valence-corrected chi connectivity index (χ1v) is 9.28. The van der Waals surface area contributed by atoms with Crippen LogP contribution in [-0.4, -0.2) is 30.8 Å². The summed E-state index contributed by atoms with van der Waals surface area (Å²) < 4.78 is 29.8. The molecule has 1 saturated carbocycles. The largest absolute Gasteiger partial charge is 0.497 e. The molecule has 0 aromatic heterocycles. The highest BCUT2D eigenvalue weighted by Gasteiger charge is 2.31. The average molecular weight is 383 g/mol. The van der Waals surface area contributed by atoms with Crippen LogP contribution in [0.4, 0.5) is 4.39 Å². The Morgan fingerprint density at radius 3 is 2.79 bits per heavy atom. The van der Waals surface area contributed by atoms with Crippen LogP contribution in [0, 0.1) is 5.82 Å². The Morgan fingerprint density at radius 1 is 1.29 bits per heavy atom. The van der Waals surface area contributed by atoms with E-state index in [1.165, 1.54) is 18.2 Å². The van der Waals surface area contributed by atoms with Crippen molar-refractivity contribution in [2.75, 3.05) is 13.9 Å². The summed E-state index contributed by atoms with van der Waals surface area (Å²) in [6.45, 7) is 0.954. The van der Waals surface area contributed by atoms with Crippen molar-refractivity contribution in [2.24, 2.45) is 0 Å². The van der Waals surface area contributed by atoms with E-state index in [0.717, 1.165) is 24.2 Å². The lowest BCUT2D eigenvalue weighted by Gasteiger charge is -2.22. The number of nitrogens with zero attached hydrogens (tertiary/aromatic N) is 1. The molecular weight excluding hydrogens is 361 g/mol. The van der Waals surface area contributed by atoms with Crippen LogP contribution in [0.15, 0.2) is 42.5 Å². The minimum Gasteiger partial charge on any atom is -0.497 e. The van der Waals surface area contributed by atoms with E-state index in [1.54, 1.807) is 13.2 Å². The summed E-state index contributed by atoms with van der Waals surface area (Å²) in [6, 6.07) is 10.7. The lowest BCUT2D eigenvalue weighted by atomic mass is 10.1. The lowest BCUT2D eigenvalue weighted by Crippen LogP contribution is -2.31. The van der Waals surface area contributed by atoms with Gasteiger partial charge in [0.1, 0.15) is 17.3 Å². The average Bonchev–Trinajstić information content (AvgIpc) is 3.55. The molecule has 2 aromatic rings. The van der Waals surface area contributed by atoms with E-state index < -0.39 is 0 Å². The van der Waals surface area contributed by atoms with Gasteiger partial charge in [0.25, 0.3) is 0 Å². The van der Waals surface area contributed by atoms with Crippen molar-refractivity contribution in [1.82, 2.24) is 4.90 Å². The van der Waals surface area contributed by atoms with Crippen molar-refractivity contribution < 1.29 is 23.4 Å². The van der Waals surface area contributed by atoms with Gasteiger partial charge in [-0.3, -0.25) is 4.79 Å². The van der Waals surface area contributed by atoms with Gasteiger partial charge in [0.15, 0.2) is 6.79 Å². The Kier molecular flexibility index (Phi) is 5.30. The molecule has 0 bridgehead atoms. The van der Waals surface area contributed by atoms with Gasteiger partial charge in [-0.2, -0.15) is 0 Å². The summed E-state index contributed by atoms with van der Waals surface area (Å²) in [4.78, 5) is 14.7. The summed E-state index contributed by atoms with van der Waals surface area (Å²) in [6.07, 6.45) is 5.13. The Hall–Kier alpha value is -2.86. The first-order chi connectivity index (χ1) is 13.6. The maximum absolute atomic E-state index is 13.9. The second-order valence-electron chi connectivity index (χ2n) is 6.97. The first-order valence-electron chi connectivity index (χ1n) is 9.28. The van der Waals surface area contributed by atoms with Crippen molar-refractivity contribution in [3.63, 3.8) is 0 Å². The number of methoxy groups -OCH3 is 1. The Bertz CT molecular complexity index is 890. The minimum atomic E-state index is -0.378. The highest BCUT2D eigenvalue weighted by Crippen LogP contribution is 2.32. The van der Waals surface area contributed by atoms with E-state index in [0.29, 0.717) is 30.0 Å². The molecule has 0 radical (unpaired) electrons. The Morgan fingerprint density at radius 2 is 2.07 bits per heavy atom. The van der Waals surface area contributed by atoms with Crippen LogP contribution < -0.4 is 9.47 Å². The van der Waals surface area contributed by atoms with Gasteiger partial charge in [-0.05, 0) is 48.7 Å². The van der Waals surface area contributed by atoms with E-state index in [2.05, 4.69) is 0 Å². The third kappa shape index (κ3) is 4.17. The van der Waals surface area contributed by atoms with Crippen molar-refractivity contribution in [3.8, 4) is 11.5 Å². The number of halogens is 1. The quantitative estimate of drug-likeness (QED) is 0.710. The number of fused-ring (bicyclic) bond motifs is 1. The number of rotatable bonds is 6. The molecule has 146 valence electrons. The third-order valence-corrected chi connectivity index (χ3v) is 4.89. The zero-order chi connectivity index (χ0) is 19.5. The Labute approximate surface area is 163 Å². The number of carbonyl (C=O) groups is 1. The second kappa shape index (κ2) is 8.02. The van der Waals surface area contributed by atoms with Crippen molar-refractivity contribution in [3.05, 3.63) is 65.0 Å². The second-order valence-corrected chi connectivity index (χ2v) is 6.97. The zero-order valence-electron chi connectivity index (χ0n) is 15.7. The van der Waals surface area contributed by atoms with Gasteiger partial charge in [-0.1, -0.05) is 12.1 Å². The number of carbonyl (C=O) groups excluding carboxylic acids is 1. The zero-order valence-corrected chi connectivity index (χ0v) is 15.7. The van der Waals surface area contributed by atoms with Crippen molar-refractivity contribution >= 4 is 12.0 Å². The highest BCUT2D eigenvalue weighted by molar-refractivity contribution is 5.92. The van der Waals surface area contributed by atoms with E-state index >= 15 is 0 Å². The monoisotopic (exact) mass is 383 g/mol. The van der Waals surface area contributed by atoms with Crippen LogP contribution >= 0.6 is 0 Å². The summed E-state index contributed by atoms with van der Waals surface area (Å²) in [5, 5.41) is 0. The molecule has 28 heavy (non-hydrogen) atoms. The van der Waals surface area contributed by atoms with E-state index in [-0.39, 0.29) is 24.6 Å². The molecule has 4 rings (SSSR count). The smallest absolute Gasteiger partial charge is 0.247 e. The minimum absolute atomic E-state index is 0.0941. The number of hydrogen-bond acceptors (Lipinski definition) is 4. The van der Waals surface area contributed by atoms with Crippen LogP contribution in [0.5, 0.6) is 11.5 Å². The van der Waals surface area contributed by atoms with E-state index in [9.17, 15) is 9.18 Å². The van der Waals surface area contributed by atoms with Crippen LogP contribution in [0.25, 0.3) is 6.08 Å². The fourth-order valence-electron chi connectivity index (χ4n) is 3.29. The molecule has 1 aliphatic carbocycles. The van der Waals surface area contributed by atoms with Gasteiger partial charge < -0.3 is 19.1 Å². The van der Waals surface area contributed by atoms with Gasteiger partial charge in [-0.15, -0.1) is 0 Å². The number of benzene rings is 2. The first kappa shape index (κ1) is 18.5. The summed E-state index contributed by atoms with van der Waals surface area (Å²) in [7, 11) is 1.63. The molecule has 0 atom stereocenters. The van der Waals surface area contributed by atoms with Crippen molar-refractivity contribution in [1.29, 1.82) is 0 Å². The van der Waals surface area contributed by atoms with Gasteiger partial charge in [0, 0.05) is 29.8 Å². The normalized spacial score (nSPS) is 15.8. The molecular formula is C22H22FNO4. The van der Waals surface area contributed by atoms with Gasteiger partial charge in [-0.25, -0.2) is 4.39 Å². The molecule has 2 aromatic carbocycles. The van der Waals surface area contributed by atoms with Crippen molar-refractivity contribution in [2.45, 2.75) is 32.0 Å². The molecule has 1 amide bonds. The number of hydrogen-bond donors (Lipinski definition) is 0. The van der Waals surface area contributed by atoms with E-state index in [4.69, 9.17) is 14.2 Å². The fourth-order valence-corrected chi connectivity index (χ4v) is 3.29. The molecule has 0 saturated heterocycles. The van der Waals surface area contributed by atoms with Crippen LogP contribution in [0.2, 0.25) is 0 Å². The number of amides is 1. The summed E-state index contributed by atoms with van der Waals surface area (Å²) in [5.74, 6) is 0.887. The van der Waals surface area contributed by atoms with Crippen LogP contribution in [0.3, 0.4) is 0 Å². The molecule has 1 heterocycles. The maximum Gasteiger partial charge on any atom is 0.247 e. The third-order valence-electron chi connectivity index (χ3n) is 4.89. The van der Waals surface area contributed by atoms with Gasteiger partial charge in [0.2, 0.25) is 5.91 Å². The molecule has 1 fully saturated rings.